The predicted molar refractivity (Wildman–Crippen MR) is 105 cm³/mol. The van der Waals surface area contributed by atoms with E-state index < -0.39 is 0 Å². The van der Waals surface area contributed by atoms with E-state index in [-0.39, 0.29) is 12.2 Å². The first kappa shape index (κ1) is 16.8. The highest BCUT2D eigenvalue weighted by Gasteiger charge is 2.16. The summed E-state index contributed by atoms with van der Waals surface area (Å²) in [7, 11) is 0. The minimum absolute atomic E-state index is 0.219. The topological polar surface area (TPSA) is 39.8 Å². The molecule has 0 spiro atoms. The third kappa shape index (κ3) is 3.40. The van der Waals surface area contributed by atoms with Crippen LogP contribution in [-0.4, -0.2) is 14.3 Å². The first-order valence-corrected chi connectivity index (χ1v) is 8.67. The van der Waals surface area contributed by atoms with Gasteiger partial charge in [-0.15, -0.1) is 5.10 Å². The van der Waals surface area contributed by atoms with Crippen LogP contribution in [0.3, 0.4) is 0 Å². The van der Waals surface area contributed by atoms with Gasteiger partial charge in [-0.3, -0.25) is 0 Å². The molecule has 0 saturated carbocycles. The van der Waals surface area contributed by atoms with Crippen LogP contribution in [0.15, 0.2) is 53.3 Å². The standard InChI is InChI=1S/C18H13ClIN3O/c1-13-3-9-16(10-4-13)23-17(14-5-7-15(19)8-6-14)21-22(18(23)24)12-2-11-20/h3-10H,12H2,1H3. The van der Waals surface area contributed by atoms with Crippen molar-refractivity contribution in [3.63, 3.8) is 0 Å². The molecule has 1 aromatic heterocycles. The van der Waals surface area contributed by atoms with E-state index in [2.05, 4.69) is 14.9 Å². The van der Waals surface area contributed by atoms with Gasteiger partial charge in [0.15, 0.2) is 5.82 Å². The fourth-order valence-electron chi connectivity index (χ4n) is 2.33. The van der Waals surface area contributed by atoms with Crippen LogP contribution in [-0.2, 0) is 6.54 Å². The van der Waals surface area contributed by atoms with E-state index >= 15 is 0 Å². The highest BCUT2D eigenvalue weighted by Crippen LogP contribution is 2.21. The molecule has 0 amide bonds. The van der Waals surface area contributed by atoms with Gasteiger partial charge in [-0.2, -0.15) is 0 Å². The molecule has 0 aliphatic rings. The van der Waals surface area contributed by atoms with Crippen molar-refractivity contribution >= 4 is 34.2 Å². The van der Waals surface area contributed by atoms with Gasteiger partial charge < -0.3 is 0 Å². The lowest BCUT2D eigenvalue weighted by Gasteiger charge is -2.06. The molecule has 0 fully saturated rings. The third-order valence-corrected chi connectivity index (χ3v) is 4.16. The smallest absolute Gasteiger partial charge is 0.246 e. The first-order chi connectivity index (χ1) is 11.6. The van der Waals surface area contributed by atoms with Crippen LogP contribution in [0.2, 0.25) is 5.02 Å². The van der Waals surface area contributed by atoms with Crippen molar-refractivity contribution in [2.45, 2.75) is 13.5 Å². The maximum atomic E-state index is 12.8. The van der Waals surface area contributed by atoms with Crippen molar-refractivity contribution in [3.8, 4) is 26.9 Å². The molecule has 3 aromatic rings. The van der Waals surface area contributed by atoms with E-state index in [9.17, 15) is 4.79 Å². The number of nitrogens with zero attached hydrogens (tertiary/aromatic N) is 3. The van der Waals surface area contributed by atoms with Crippen molar-refractivity contribution < 1.29 is 0 Å². The van der Waals surface area contributed by atoms with Crippen LogP contribution >= 0.6 is 34.2 Å². The first-order valence-electron chi connectivity index (χ1n) is 7.21. The van der Waals surface area contributed by atoms with Crippen molar-refractivity contribution in [2.24, 2.45) is 0 Å². The molecule has 0 atom stereocenters. The minimum Gasteiger partial charge on any atom is -0.246 e. The van der Waals surface area contributed by atoms with E-state index in [0.717, 1.165) is 16.8 Å². The lowest BCUT2D eigenvalue weighted by atomic mass is 10.2. The van der Waals surface area contributed by atoms with Gasteiger partial charge in [0.1, 0.15) is 6.54 Å². The second-order valence-electron chi connectivity index (χ2n) is 5.21. The molecular weight excluding hydrogens is 437 g/mol. The van der Waals surface area contributed by atoms with Gasteiger partial charge in [-0.05, 0) is 47.2 Å². The van der Waals surface area contributed by atoms with Crippen LogP contribution < -0.4 is 5.69 Å². The van der Waals surface area contributed by atoms with E-state index in [0.29, 0.717) is 10.8 Å². The number of aryl methyl sites for hydroxylation is 1. The zero-order valence-corrected chi connectivity index (χ0v) is 15.7. The summed E-state index contributed by atoms with van der Waals surface area (Å²) >= 11 is 7.91. The molecule has 120 valence electrons. The fourth-order valence-corrected chi connectivity index (χ4v) is 2.62. The van der Waals surface area contributed by atoms with Crippen LogP contribution in [0.4, 0.5) is 0 Å². The lowest BCUT2D eigenvalue weighted by molar-refractivity contribution is 0.680. The molecule has 0 aliphatic heterocycles. The van der Waals surface area contributed by atoms with E-state index in [1.807, 2.05) is 65.9 Å². The monoisotopic (exact) mass is 449 g/mol. The molecule has 0 unspecified atom stereocenters. The molecule has 4 nitrogen and oxygen atoms in total. The Bertz CT molecular complexity index is 976. The Morgan fingerprint density at radius 1 is 1.12 bits per heavy atom. The van der Waals surface area contributed by atoms with Gasteiger partial charge in [0.2, 0.25) is 0 Å². The van der Waals surface area contributed by atoms with Crippen LogP contribution in [0.25, 0.3) is 17.1 Å². The number of halogens is 2. The molecule has 3 rings (SSSR count). The molecular formula is C18H13ClIN3O. The summed E-state index contributed by atoms with van der Waals surface area (Å²) in [6, 6.07) is 15.0. The zero-order chi connectivity index (χ0) is 17.1. The predicted octanol–water partition coefficient (Wildman–Crippen LogP) is 4.06. The van der Waals surface area contributed by atoms with Gasteiger partial charge in [-0.1, -0.05) is 35.2 Å². The normalized spacial score (nSPS) is 10.3. The average Bonchev–Trinajstić information content (AvgIpc) is 2.91. The van der Waals surface area contributed by atoms with Gasteiger partial charge in [0.05, 0.1) is 5.69 Å². The maximum absolute atomic E-state index is 12.8. The molecule has 0 N–H and O–H groups in total. The number of benzene rings is 2. The number of hydrogen-bond donors (Lipinski definition) is 0. The summed E-state index contributed by atoms with van der Waals surface area (Å²) in [6.45, 7) is 2.26. The van der Waals surface area contributed by atoms with Crippen molar-refractivity contribution in [3.05, 3.63) is 69.6 Å². The molecule has 6 heteroatoms. The number of hydrogen-bond acceptors (Lipinski definition) is 2. The molecule has 0 aliphatic carbocycles. The van der Waals surface area contributed by atoms with E-state index in [1.54, 1.807) is 16.7 Å². The Hall–Kier alpha value is -2.04. The SMILES string of the molecule is Cc1ccc(-n2c(-c3ccc(Cl)cc3)nn(CC#CI)c2=O)cc1. The number of rotatable bonds is 3. The van der Waals surface area contributed by atoms with E-state index in [1.165, 1.54) is 4.68 Å². The molecule has 0 saturated heterocycles. The maximum Gasteiger partial charge on any atom is 0.351 e. The molecule has 1 heterocycles. The summed E-state index contributed by atoms with van der Waals surface area (Å²) < 4.78 is 5.73. The highest BCUT2D eigenvalue weighted by molar-refractivity contribution is 14.1. The van der Waals surface area contributed by atoms with Gasteiger partial charge in [0.25, 0.3) is 0 Å². The Kier molecular flexibility index (Phi) is 5.07. The summed E-state index contributed by atoms with van der Waals surface area (Å²) in [5, 5.41) is 5.10. The van der Waals surface area contributed by atoms with E-state index in [4.69, 9.17) is 11.6 Å². The molecule has 0 radical (unpaired) electrons. The second-order valence-corrected chi connectivity index (χ2v) is 6.19. The summed E-state index contributed by atoms with van der Waals surface area (Å²) in [6.07, 6.45) is 0. The van der Waals surface area contributed by atoms with Crippen LogP contribution in [0.1, 0.15) is 5.56 Å². The fraction of sp³-hybridized carbons (Fsp3) is 0.111. The Morgan fingerprint density at radius 3 is 2.42 bits per heavy atom. The van der Waals surface area contributed by atoms with Crippen molar-refractivity contribution in [1.29, 1.82) is 0 Å². The molecule has 2 aromatic carbocycles. The summed E-state index contributed by atoms with van der Waals surface area (Å²) in [5.41, 5.74) is 2.49. The largest absolute Gasteiger partial charge is 0.351 e. The van der Waals surface area contributed by atoms with Crippen LogP contribution in [0.5, 0.6) is 0 Å². The molecule has 0 bridgehead atoms. The lowest BCUT2D eigenvalue weighted by Crippen LogP contribution is -2.23. The quantitative estimate of drug-likeness (QED) is 0.447. The average molecular weight is 450 g/mol. The second kappa shape index (κ2) is 7.24. The summed E-state index contributed by atoms with van der Waals surface area (Å²) in [4.78, 5) is 12.8. The third-order valence-electron chi connectivity index (χ3n) is 3.53. The van der Waals surface area contributed by atoms with Crippen molar-refractivity contribution in [2.75, 3.05) is 0 Å². The van der Waals surface area contributed by atoms with Gasteiger partial charge in [-0.25, -0.2) is 14.0 Å². The Balaban J connectivity index is 2.22. The minimum atomic E-state index is -0.219. The van der Waals surface area contributed by atoms with Gasteiger partial charge in [0, 0.05) is 33.2 Å². The van der Waals surface area contributed by atoms with Crippen LogP contribution in [0, 0.1) is 16.8 Å². The summed E-state index contributed by atoms with van der Waals surface area (Å²) in [5.74, 6) is 3.44. The van der Waals surface area contributed by atoms with Crippen molar-refractivity contribution in [1.82, 2.24) is 14.3 Å². The molecule has 24 heavy (non-hydrogen) atoms. The van der Waals surface area contributed by atoms with Gasteiger partial charge >= 0.3 is 5.69 Å². The number of aromatic nitrogens is 3. The zero-order valence-electron chi connectivity index (χ0n) is 12.8. The highest BCUT2D eigenvalue weighted by atomic mass is 127. The Labute approximate surface area is 158 Å². The Morgan fingerprint density at radius 2 is 1.79 bits per heavy atom.